The summed E-state index contributed by atoms with van der Waals surface area (Å²) >= 11 is 0. The van der Waals surface area contributed by atoms with Gasteiger partial charge in [-0.15, -0.1) is 10.2 Å². The fourth-order valence-electron chi connectivity index (χ4n) is 2.82. The summed E-state index contributed by atoms with van der Waals surface area (Å²) in [7, 11) is 1.59. The van der Waals surface area contributed by atoms with Gasteiger partial charge in [-0.25, -0.2) is 9.48 Å². The number of nitrogens with zero attached hydrogens (tertiary/aromatic N) is 4. The standard InChI is InChI=1S/C21H18N4O4/c1-14-22-23-19(29-14)13-28-21(26)18-12-25(16-8-4-3-5-9-16)24-20(18)15-7-6-10-17(11-15)27-2/h3-12H,13H2,1-2H3. The lowest BCUT2D eigenvalue weighted by molar-refractivity contribution is 0.0437. The van der Waals surface area contributed by atoms with Crippen LogP contribution in [0, 0.1) is 6.92 Å². The Morgan fingerprint density at radius 3 is 2.66 bits per heavy atom. The summed E-state index contributed by atoms with van der Waals surface area (Å²) in [6.07, 6.45) is 1.64. The molecule has 0 radical (unpaired) electrons. The molecule has 0 fully saturated rings. The highest BCUT2D eigenvalue weighted by atomic mass is 16.5. The zero-order valence-electron chi connectivity index (χ0n) is 15.9. The van der Waals surface area contributed by atoms with Gasteiger partial charge in [0.1, 0.15) is 17.0 Å². The zero-order chi connectivity index (χ0) is 20.2. The van der Waals surface area contributed by atoms with Crippen LogP contribution in [0.2, 0.25) is 0 Å². The van der Waals surface area contributed by atoms with Crippen molar-refractivity contribution in [1.29, 1.82) is 0 Å². The molecule has 0 unspecified atom stereocenters. The second kappa shape index (κ2) is 7.97. The van der Waals surface area contributed by atoms with Crippen LogP contribution in [0.1, 0.15) is 22.1 Å². The van der Waals surface area contributed by atoms with Gasteiger partial charge in [0, 0.05) is 18.7 Å². The topological polar surface area (TPSA) is 92.3 Å². The van der Waals surface area contributed by atoms with Crippen LogP contribution < -0.4 is 4.74 Å². The van der Waals surface area contributed by atoms with Gasteiger partial charge in [0.15, 0.2) is 6.61 Å². The summed E-state index contributed by atoms with van der Waals surface area (Å²) < 4.78 is 17.6. The summed E-state index contributed by atoms with van der Waals surface area (Å²) in [5.41, 5.74) is 2.36. The molecule has 8 heteroatoms. The number of esters is 1. The fraction of sp³-hybridized carbons (Fsp3) is 0.143. The number of para-hydroxylation sites is 1. The lowest BCUT2D eigenvalue weighted by Crippen LogP contribution is -2.06. The molecule has 0 saturated carbocycles. The molecule has 0 amide bonds. The Kier molecular flexibility index (Phi) is 5.07. The normalized spacial score (nSPS) is 10.7. The molecule has 0 aliphatic rings. The number of hydrogen-bond donors (Lipinski definition) is 0. The molecular formula is C21H18N4O4. The Morgan fingerprint density at radius 2 is 1.93 bits per heavy atom. The van der Waals surface area contributed by atoms with Crippen molar-refractivity contribution in [2.75, 3.05) is 7.11 Å². The maximum atomic E-state index is 12.8. The highest BCUT2D eigenvalue weighted by Gasteiger charge is 2.21. The third-order valence-corrected chi connectivity index (χ3v) is 4.19. The van der Waals surface area contributed by atoms with Gasteiger partial charge in [-0.1, -0.05) is 30.3 Å². The van der Waals surface area contributed by atoms with E-state index < -0.39 is 5.97 Å². The van der Waals surface area contributed by atoms with E-state index in [1.807, 2.05) is 54.6 Å². The molecule has 8 nitrogen and oxygen atoms in total. The van der Waals surface area contributed by atoms with Gasteiger partial charge in [-0.05, 0) is 24.3 Å². The molecule has 0 aliphatic heterocycles. The van der Waals surface area contributed by atoms with Crippen molar-refractivity contribution in [2.24, 2.45) is 0 Å². The van der Waals surface area contributed by atoms with Crippen LogP contribution in [0.25, 0.3) is 16.9 Å². The number of methoxy groups -OCH3 is 1. The van der Waals surface area contributed by atoms with Gasteiger partial charge in [-0.2, -0.15) is 5.10 Å². The zero-order valence-corrected chi connectivity index (χ0v) is 15.9. The molecule has 0 atom stereocenters. The molecule has 2 aromatic heterocycles. The monoisotopic (exact) mass is 390 g/mol. The lowest BCUT2D eigenvalue weighted by Gasteiger charge is -2.05. The first-order valence-electron chi connectivity index (χ1n) is 8.89. The number of carbonyl (C=O) groups excluding carboxylic acids is 1. The number of benzene rings is 2. The third-order valence-electron chi connectivity index (χ3n) is 4.19. The summed E-state index contributed by atoms with van der Waals surface area (Å²) in [5, 5.41) is 12.2. The lowest BCUT2D eigenvalue weighted by atomic mass is 10.1. The molecule has 2 aromatic carbocycles. The summed E-state index contributed by atoms with van der Waals surface area (Å²) in [6.45, 7) is 1.55. The number of carbonyl (C=O) groups is 1. The quantitative estimate of drug-likeness (QED) is 0.465. The van der Waals surface area contributed by atoms with E-state index in [9.17, 15) is 4.79 Å². The van der Waals surface area contributed by atoms with E-state index in [2.05, 4.69) is 15.3 Å². The summed E-state index contributed by atoms with van der Waals surface area (Å²) in [6, 6.07) is 16.9. The van der Waals surface area contributed by atoms with E-state index in [0.29, 0.717) is 22.9 Å². The van der Waals surface area contributed by atoms with Crippen LogP contribution in [0.3, 0.4) is 0 Å². The first kappa shape index (κ1) is 18.4. The van der Waals surface area contributed by atoms with Crippen molar-refractivity contribution >= 4 is 5.97 Å². The summed E-state index contributed by atoms with van der Waals surface area (Å²) in [5.74, 6) is 0.762. The van der Waals surface area contributed by atoms with E-state index >= 15 is 0 Å². The molecule has 146 valence electrons. The average Bonchev–Trinajstić information content (AvgIpc) is 3.39. The molecular weight excluding hydrogens is 372 g/mol. The predicted molar refractivity (Wildman–Crippen MR) is 104 cm³/mol. The van der Waals surface area contributed by atoms with Gasteiger partial charge in [0.05, 0.1) is 12.8 Å². The van der Waals surface area contributed by atoms with Crippen molar-refractivity contribution in [1.82, 2.24) is 20.0 Å². The Morgan fingerprint density at radius 1 is 1.10 bits per heavy atom. The highest BCUT2D eigenvalue weighted by molar-refractivity contribution is 5.96. The fourth-order valence-corrected chi connectivity index (χ4v) is 2.82. The Balaban J connectivity index is 1.70. The van der Waals surface area contributed by atoms with Crippen molar-refractivity contribution in [2.45, 2.75) is 13.5 Å². The van der Waals surface area contributed by atoms with Gasteiger partial charge < -0.3 is 13.9 Å². The molecule has 4 aromatic rings. The van der Waals surface area contributed by atoms with Gasteiger partial charge in [-0.3, -0.25) is 0 Å². The van der Waals surface area contributed by atoms with Crippen molar-refractivity contribution in [3.8, 4) is 22.7 Å². The van der Waals surface area contributed by atoms with Crippen LogP contribution in [-0.2, 0) is 11.3 Å². The minimum absolute atomic E-state index is 0.117. The number of ether oxygens (including phenoxy) is 2. The smallest absolute Gasteiger partial charge is 0.342 e. The Hall–Kier alpha value is -3.94. The molecule has 0 spiro atoms. The minimum Gasteiger partial charge on any atom is -0.497 e. The molecule has 0 bridgehead atoms. The van der Waals surface area contributed by atoms with Crippen molar-refractivity contribution in [3.63, 3.8) is 0 Å². The van der Waals surface area contributed by atoms with E-state index in [1.165, 1.54) is 0 Å². The minimum atomic E-state index is -0.541. The van der Waals surface area contributed by atoms with E-state index in [-0.39, 0.29) is 12.5 Å². The first-order chi connectivity index (χ1) is 14.1. The Bertz CT molecular complexity index is 1130. The van der Waals surface area contributed by atoms with E-state index in [0.717, 1.165) is 11.3 Å². The van der Waals surface area contributed by atoms with Gasteiger partial charge in [0.2, 0.25) is 5.89 Å². The molecule has 2 heterocycles. The molecule has 29 heavy (non-hydrogen) atoms. The second-order valence-electron chi connectivity index (χ2n) is 6.19. The number of hydrogen-bond acceptors (Lipinski definition) is 7. The van der Waals surface area contributed by atoms with Gasteiger partial charge >= 0.3 is 5.97 Å². The largest absolute Gasteiger partial charge is 0.497 e. The van der Waals surface area contributed by atoms with Crippen molar-refractivity contribution < 1.29 is 18.7 Å². The van der Waals surface area contributed by atoms with Crippen LogP contribution in [0.5, 0.6) is 5.75 Å². The van der Waals surface area contributed by atoms with Crippen LogP contribution in [0.4, 0.5) is 0 Å². The van der Waals surface area contributed by atoms with Crippen LogP contribution in [-0.4, -0.2) is 33.1 Å². The second-order valence-corrected chi connectivity index (χ2v) is 6.19. The maximum Gasteiger partial charge on any atom is 0.342 e. The van der Waals surface area contributed by atoms with Crippen LogP contribution >= 0.6 is 0 Å². The van der Waals surface area contributed by atoms with Crippen LogP contribution in [0.15, 0.2) is 65.2 Å². The maximum absolute atomic E-state index is 12.8. The average molecular weight is 390 g/mol. The third kappa shape index (κ3) is 4.01. The predicted octanol–water partition coefficient (Wildman–Crippen LogP) is 3.60. The number of aryl methyl sites for hydroxylation is 1. The van der Waals surface area contributed by atoms with Gasteiger partial charge in [0.25, 0.3) is 5.89 Å². The molecule has 4 rings (SSSR count). The number of aromatic nitrogens is 4. The first-order valence-corrected chi connectivity index (χ1v) is 8.89. The van der Waals surface area contributed by atoms with E-state index in [1.54, 1.807) is 24.9 Å². The summed E-state index contributed by atoms with van der Waals surface area (Å²) in [4.78, 5) is 12.8. The number of rotatable bonds is 6. The SMILES string of the molecule is COc1cccc(-c2nn(-c3ccccc3)cc2C(=O)OCc2nnc(C)o2)c1. The molecule has 0 aliphatic carbocycles. The Labute approximate surface area is 166 Å². The van der Waals surface area contributed by atoms with E-state index in [4.69, 9.17) is 13.9 Å². The van der Waals surface area contributed by atoms with Crippen molar-refractivity contribution in [3.05, 3.63) is 78.1 Å². The highest BCUT2D eigenvalue weighted by Crippen LogP contribution is 2.27. The molecule has 0 saturated heterocycles. The molecule has 0 N–H and O–H groups in total.